The first kappa shape index (κ1) is 13.7. The van der Waals surface area contributed by atoms with Gasteiger partial charge in [0.25, 0.3) is 0 Å². The van der Waals surface area contributed by atoms with Crippen LogP contribution in [0.2, 0.25) is 0 Å². The van der Waals surface area contributed by atoms with Gasteiger partial charge in [0.2, 0.25) is 5.91 Å². The molecule has 1 atom stereocenters. The lowest BCUT2D eigenvalue weighted by atomic mass is 10.0. The molecule has 94 valence electrons. The third kappa shape index (κ3) is 3.04. The van der Waals surface area contributed by atoms with Crippen molar-refractivity contribution in [3.63, 3.8) is 0 Å². The van der Waals surface area contributed by atoms with Crippen molar-refractivity contribution >= 4 is 15.7 Å². The molecule has 0 heterocycles. The van der Waals surface area contributed by atoms with E-state index < -0.39 is 15.8 Å². The van der Waals surface area contributed by atoms with Crippen LogP contribution in [0.5, 0.6) is 0 Å². The quantitative estimate of drug-likeness (QED) is 0.468. The zero-order chi connectivity index (χ0) is 13.1. The number of sulfone groups is 1. The van der Waals surface area contributed by atoms with Gasteiger partial charge in [0.05, 0.1) is 16.6 Å². The molecule has 1 aromatic rings. The molecule has 0 aliphatic carbocycles. The van der Waals surface area contributed by atoms with E-state index in [2.05, 4.69) is 5.43 Å². The van der Waals surface area contributed by atoms with Gasteiger partial charge in [-0.05, 0) is 24.6 Å². The normalized spacial score (nSPS) is 13.1. The summed E-state index contributed by atoms with van der Waals surface area (Å²) in [4.78, 5) is 11.6. The molecular weight excluding hydrogens is 240 g/mol. The molecule has 6 heteroatoms. The highest BCUT2D eigenvalue weighted by Crippen LogP contribution is 2.18. The van der Waals surface area contributed by atoms with Crippen molar-refractivity contribution in [3.8, 4) is 0 Å². The summed E-state index contributed by atoms with van der Waals surface area (Å²) in [7, 11) is -3.19. The second-order valence-electron chi connectivity index (χ2n) is 3.70. The van der Waals surface area contributed by atoms with Crippen LogP contribution in [-0.2, 0) is 14.6 Å². The topological polar surface area (TPSA) is 89.3 Å². The number of hydrogen-bond donors (Lipinski definition) is 2. The van der Waals surface area contributed by atoms with Crippen molar-refractivity contribution < 1.29 is 13.2 Å². The Hall–Kier alpha value is -1.40. The van der Waals surface area contributed by atoms with E-state index in [0.717, 1.165) is 5.56 Å². The van der Waals surface area contributed by atoms with E-state index in [4.69, 9.17) is 5.84 Å². The van der Waals surface area contributed by atoms with Gasteiger partial charge in [-0.3, -0.25) is 10.2 Å². The molecular formula is C11H16N2O3S. The van der Waals surface area contributed by atoms with Crippen LogP contribution in [0.3, 0.4) is 0 Å². The van der Waals surface area contributed by atoms with E-state index in [1.165, 1.54) is 12.1 Å². The highest BCUT2D eigenvalue weighted by molar-refractivity contribution is 7.91. The van der Waals surface area contributed by atoms with Gasteiger partial charge in [0, 0.05) is 0 Å². The number of carbonyl (C=O) groups excluding carboxylic acids is 1. The van der Waals surface area contributed by atoms with Gasteiger partial charge in [-0.2, -0.15) is 0 Å². The van der Waals surface area contributed by atoms with Crippen LogP contribution in [0.15, 0.2) is 29.2 Å². The summed E-state index contributed by atoms with van der Waals surface area (Å²) in [6.07, 6.45) is 0. The zero-order valence-electron chi connectivity index (χ0n) is 9.80. The SMILES string of the molecule is CCS(=O)(=O)c1ccc(C(C)C(=O)NN)cc1. The maximum absolute atomic E-state index is 11.6. The smallest absolute Gasteiger partial charge is 0.241 e. The number of benzene rings is 1. The molecule has 1 aromatic carbocycles. The van der Waals surface area contributed by atoms with Gasteiger partial charge in [0.15, 0.2) is 9.84 Å². The first-order valence-corrected chi connectivity index (χ1v) is 6.90. The molecule has 0 radical (unpaired) electrons. The van der Waals surface area contributed by atoms with E-state index in [-0.39, 0.29) is 16.6 Å². The summed E-state index contributed by atoms with van der Waals surface area (Å²) in [5.74, 6) is 4.38. The Morgan fingerprint density at radius 1 is 1.35 bits per heavy atom. The number of amides is 1. The maximum Gasteiger partial charge on any atom is 0.241 e. The number of nitrogens with one attached hydrogen (secondary N) is 1. The second kappa shape index (κ2) is 5.29. The fourth-order valence-corrected chi connectivity index (χ4v) is 2.29. The van der Waals surface area contributed by atoms with Crippen LogP contribution in [0, 0.1) is 0 Å². The molecule has 0 aromatic heterocycles. The third-order valence-corrected chi connectivity index (χ3v) is 4.41. The summed E-state index contributed by atoms with van der Waals surface area (Å²) in [6, 6.07) is 6.27. The molecule has 0 aliphatic rings. The van der Waals surface area contributed by atoms with Gasteiger partial charge >= 0.3 is 0 Å². The number of rotatable bonds is 4. The molecule has 0 aliphatic heterocycles. The highest BCUT2D eigenvalue weighted by atomic mass is 32.2. The molecule has 0 bridgehead atoms. The van der Waals surface area contributed by atoms with Gasteiger partial charge in [-0.1, -0.05) is 19.1 Å². The standard InChI is InChI=1S/C11H16N2O3S/c1-3-17(15,16)10-6-4-9(5-7-10)8(2)11(14)13-12/h4-8H,3,12H2,1-2H3,(H,13,14). The minimum atomic E-state index is -3.19. The Labute approximate surface area is 101 Å². The molecule has 0 spiro atoms. The number of hydrogen-bond acceptors (Lipinski definition) is 4. The highest BCUT2D eigenvalue weighted by Gasteiger charge is 2.16. The molecule has 17 heavy (non-hydrogen) atoms. The Kier molecular flexibility index (Phi) is 4.25. The Balaban J connectivity index is 3.00. The van der Waals surface area contributed by atoms with E-state index >= 15 is 0 Å². The average molecular weight is 256 g/mol. The van der Waals surface area contributed by atoms with Crippen LogP contribution < -0.4 is 11.3 Å². The van der Waals surface area contributed by atoms with Crippen LogP contribution in [0.25, 0.3) is 0 Å². The van der Waals surface area contributed by atoms with E-state index in [0.29, 0.717) is 0 Å². The second-order valence-corrected chi connectivity index (χ2v) is 5.98. The molecule has 1 unspecified atom stereocenters. The van der Waals surface area contributed by atoms with Crippen molar-refractivity contribution in [1.82, 2.24) is 5.43 Å². The van der Waals surface area contributed by atoms with Crippen molar-refractivity contribution in [2.75, 3.05) is 5.75 Å². The molecule has 1 rings (SSSR count). The van der Waals surface area contributed by atoms with Crippen molar-refractivity contribution in [2.24, 2.45) is 5.84 Å². The zero-order valence-corrected chi connectivity index (χ0v) is 10.6. The monoisotopic (exact) mass is 256 g/mol. The summed E-state index contributed by atoms with van der Waals surface area (Å²) >= 11 is 0. The number of hydrazine groups is 1. The summed E-state index contributed by atoms with van der Waals surface area (Å²) < 4.78 is 23.1. The van der Waals surface area contributed by atoms with Gasteiger partial charge in [0.1, 0.15) is 0 Å². The summed E-state index contributed by atoms with van der Waals surface area (Å²) in [6.45, 7) is 3.29. The molecule has 3 N–H and O–H groups in total. The molecule has 0 saturated heterocycles. The predicted molar refractivity (Wildman–Crippen MR) is 64.9 cm³/mol. The minimum absolute atomic E-state index is 0.0607. The Bertz CT molecular complexity index is 494. The van der Waals surface area contributed by atoms with Gasteiger partial charge in [-0.25, -0.2) is 14.3 Å². The van der Waals surface area contributed by atoms with Crippen molar-refractivity contribution in [1.29, 1.82) is 0 Å². The fourth-order valence-electron chi connectivity index (χ4n) is 1.41. The molecule has 1 amide bonds. The lowest BCUT2D eigenvalue weighted by Crippen LogP contribution is -2.33. The van der Waals surface area contributed by atoms with Crippen molar-refractivity contribution in [2.45, 2.75) is 24.7 Å². The van der Waals surface area contributed by atoms with E-state index in [9.17, 15) is 13.2 Å². The van der Waals surface area contributed by atoms with Crippen LogP contribution >= 0.6 is 0 Å². The first-order chi connectivity index (χ1) is 7.92. The lowest BCUT2D eigenvalue weighted by molar-refractivity contribution is -0.122. The average Bonchev–Trinajstić information content (AvgIpc) is 2.37. The van der Waals surface area contributed by atoms with Gasteiger partial charge in [-0.15, -0.1) is 0 Å². The Morgan fingerprint density at radius 3 is 2.29 bits per heavy atom. The van der Waals surface area contributed by atoms with Crippen molar-refractivity contribution in [3.05, 3.63) is 29.8 Å². The largest absolute Gasteiger partial charge is 0.294 e. The number of carbonyl (C=O) groups is 1. The van der Waals surface area contributed by atoms with Crippen LogP contribution in [0.1, 0.15) is 25.3 Å². The van der Waals surface area contributed by atoms with Crippen LogP contribution in [-0.4, -0.2) is 20.1 Å². The summed E-state index contributed by atoms with van der Waals surface area (Å²) in [5.41, 5.74) is 2.79. The summed E-state index contributed by atoms with van der Waals surface area (Å²) in [5, 5.41) is 0. The lowest BCUT2D eigenvalue weighted by Gasteiger charge is -2.10. The number of nitrogens with two attached hydrogens (primary N) is 1. The van der Waals surface area contributed by atoms with Crippen LogP contribution in [0.4, 0.5) is 0 Å². The first-order valence-electron chi connectivity index (χ1n) is 5.25. The minimum Gasteiger partial charge on any atom is -0.294 e. The molecule has 0 saturated carbocycles. The Morgan fingerprint density at radius 2 is 1.88 bits per heavy atom. The maximum atomic E-state index is 11.6. The molecule has 0 fully saturated rings. The van der Waals surface area contributed by atoms with E-state index in [1.54, 1.807) is 26.0 Å². The van der Waals surface area contributed by atoms with Gasteiger partial charge < -0.3 is 0 Å². The van der Waals surface area contributed by atoms with E-state index in [1.807, 2.05) is 0 Å². The predicted octanol–water partition coefficient (Wildman–Crippen LogP) is 0.574. The third-order valence-electron chi connectivity index (χ3n) is 2.65. The fraction of sp³-hybridized carbons (Fsp3) is 0.364. The molecule has 5 nitrogen and oxygen atoms in total.